The van der Waals surface area contributed by atoms with Crippen molar-refractivity contribution in [3.8, 4) is 0 Å². The van der Waals surface area contributed by atoms with Gasteiger partial charge in [-0.15, -0.1) is 0 Å². The molecule has 0 unspecified atom stereocenters. The van der Waals surface area contributed by atoms with Gasteiger partial charge in [-0.3, -0.25) is 9.59 Å². The van der Waals surface area contributed by atoms with Crippen LogP contribution in [0.15, 0.2) is 77.7 Å². The number of carbonyl (C=O) groups is 1. The van der Waals surface area contributed by atoms with Crippen LogP contribution < -0.4 is 5.56 Å². The maximum atomic E-state index is 13.1. The monoisotopic (exact) mass is 412 g/mol. The molecule has 0 aliphatic carbocycles. The molecule has 5 rings (SSSR count). The second-order valence-corrected chi connectivity index (χ2v) is 8.06. The summed E-state index contributed by atoms with van der Waals surface area (Å²) in [5.41, 5.74) is 3.57. The number of rotatable bonds is 4. The molecule has 0 atom stereocenters. The Balaban J connectivity index is 1.29. The summed E-state index contributed by atoms with van der Waals surface area (Å²) in [6, 6.07) is 21.0. The minimum Gasteiger partial charge on any atom is -0.361 e. The SMILES string of the molecule is O=C(c1ccc(=O)n(Cc2ccccc2)n1)N1CCC(c2c[nH]c3ccccc23)CC1. The number of benzene rings is 2. The first kappa shape index (κ1) is 19.3. The first-order valence-electron chi connectivity index (χ1n) is 10.7. The molecule has 2 aromatic heterocycles. The Labute approximate surface area is 180 Å². The molecular weight excluding hydrogens is 388 g/mol. The van der Waals surface area contributed by atoms with E-state index < -0.39 is 0 Å². The first-order valence-corrected chi connectivity index (χ1v) is 10.7. The van der Waals surface area contributed by atoms with E-state index in [0.29, 0.717) is 31.2 Å². The van der Waals surface area contributed by atoms with Gasteiger partial charge in [0.25, 0.3) is 11.5 Å². The van der Waals surface area contributed by atoms with Crippen molar-refractivity contribution in [3.05, 3.63) is 100 Å². The van der Waals surface area contributed by atoms with Crippen LogP contribution in [-0.2, 0) is 6.54 Å². The minimum atomic E-state index is -0.210. The Bertz CT molecular complexity index is 1270. The van der Waals surface area contributed by atoms with Gasteiger partial charge in [-0.05, 0) is 42.0 Å². The molecule has 0 saturated carbocycles. The number of carbonyl (C=O) groups excluding carboxylic acids is 1. The van der Waals surface area contributed by atoms with Crippen LogP contribution in [-0.4, -0.2) is 38.7 Å². The van der Waals surface area contributed by atoms with E-state index in [1.807, 2.05) is 41.3 Å². The van der Waals surface area contributed by atoms with E-state index in [2.05, 4.69) is 34.5 Å². The molecule has 2 aromatic carbocycles. The number of nitrogens with one attached hydrogen (secondary N) is 1. The largest absolute Gasteiger partial charge is 0.361 e. The number of hydrogen-bond acceptors (Lipinski definition) is 3. The smallest absolute Gasteiger partial charge is 0.274 e. The number of hydrogen-bond donors (Lipinski definition) is 1. The molecule has 1 aliphatic rings. The molecule has 6 nitrogen and oxygen atoms in total. The lowest BCUT2D eigenvalue weighted by Gasteiger charge is -2.31. The second-order valence-electron chi connectivity index (χ2n) is 8.06. The normalized spacial score (nSPS) is 14.8. The van der Waals surface area contributed by atoms with E-state index in [1.165, 1.54) is 27.8 Å². The lowest BCUT2D eigenvalue weighted by atomic mass is 9.89. The minimum absolute atomic E-state index is 0.112. The average molecular weight is 412 g/mol. The van der Waals surface area contributed by atoms with E-state index >= 15 is 0 Å². The van der Waals surface area contributed by atoms with Crippen molar-refractivity contribution in [1.82, 2.24) is 19.7 Å². The maximum Gasteiger partial charge on any atom is 0.274 e. The zero-order chi connectivity index (χ0) is 21.2. The molecule has 156 valence electrons. The van der Waals surface area contributed by atoms with Crippen LogP contribution in [0.5, 0.6) is 0 Å². The van der Waals surface area contributed by atoms with Gasteiger partial charge in [-0.25, -0.2) is 4.68 Å². The fourth-order valence-electron chi connectivity index (χ4n) is 4.42. The number of likely N-dealkylation sites (tertiary alicyclic amines) is 1. The van der Waals surface area contributed by atoms with Crippen molar-refractivity contribution in [1.29, 1.82) is 0 Å². The summed E-state index contributed by atoms with van der Waals surface area (Å²) >= 11 is 0. The third-order valence-electron chi connectivity index (χ3n) is 6.10. The van der Waals surface area contributed by atoms with E-state index in [9.17, 15) is 9.59 Å². The third kappa shape index (κ3) is 3.89. The number of nitrogens with zero attached hydrogens (tertiary/aromatic N) is 3. The predicted octanol–water partition coefficient (Wildman–Crippen LogP) is 3.79. The summed E-state index contributed by atoms with van der Waals surface area (Å²) in [5, 5.41) is 5.63. The number of aromatic amines is 1. The van der Waals surface area contributed by atoms with Gasteiger partial charge >= 0.3 is 0 Å². The number of H-pyrrole nitrogens is 1. The van der Waals surface area contributed by atoms with Crippen molar-refractivity contribution in [2.45, 2.75) is 25.3 Å². The van der Waals surface area contributed by atoms with Gasteiger partial charge < -0.3 is 9.88 Å². The molecule has 1 aliphatic heterocycles. The van der Waals surface area contributed by atoms with E-state index in [-0.39, 0.29) is 11.5 Å². The second kappa shape index (κ2) is 8.22. The molecule has 1 fully saturated rings. The molecule has 0 radical (unpaired) electrons. The van der Waals surface area contributed by atoms with E-state index in [4.69, 9.17) is 0 Å². The molecule has 0 bridgehead atoms. The zero-order valence-electron chi connectivity index (χ0n) is 17.2. The molecule has 4 aromatic rings. The van der Waals surface area contributed by atoms with Crippen LogP contribution in [0.4, 0.5) is 0 Å². The van der Waals surface area contributed by atoms with Crippen LogP contribution in [0.2, 0.25) is 0 Å². The van der Waals surface area contributed by atoms with E-state index in [1.54, 1.807) is 0 Å². The van der Waals surface area contributed by atoms with Crippen LogP contribution in [0.1, 0.15) is 40.4 Å². The summed E-state index contributed by atoms with van der Waals surface area (Å²) in [4.78, 5) is 30.5. The lowest BCUT2D eigenvalue weighted by Crippen LogP contribution is -2.39. The topological polar surface area (TPSA) is 71.0 Å². The highest BCUT2D eigenvalue weighted by Gasteiger charge is 2.27. The van der Waals surface area contributed by atoms with Gasteiger partial charge in [0, 0.05) is 36.3 Å². The Hall–Kier alpha value is -3.67. The molecule has 1 amide bonds. The quantitative estimate of drug-likeness (QED) is 0.554. The Kier molecular flexibility index (Phi) is 5.12. The predicted molar refractivity (Wildman–Crippen MR) is 120 cm³/mol. The molecular formula is C25H24N4O2. The van der Waals surface area contributed by atoms with Crippen molar-refractivity contribution >= 4 is 16.8 Å². The van der Waals surface area contributed by atoms with E-state index in [0.717, 1.165) is 23.9 Å². The number of fused-ring (bicyclic) bond motifs is 1. The van der Waals surface area contributed by atoms with Crippen molar-refractivity contribution in [2.24, 2.45) is 0 Å². The lowest BCUT2D eigenvalue weighted by molar-refractivity contribution is 0.0704. The molecule has 0 spiro atoms. The Morgan fingerprint density at radius 3 is 2.52 bits per heavy atom. The van der Waals surface area contributed by atoms with Crippen LogP contribution in [0.3, 0.4) is 0 Å². The van der Waals surface area contributed by atoms with Crippen LogP contribution in [0.25, 0.3) is 10.9 Å². The van der Waals surface area contributed by atoms with Gasteiger partial charge in [-0.1, -0.05) is 48.5 Å². The molecule has 3 heterocycles. The highest BCUT2D eigenvalue weighted by Crippen LogP contribution is 2.33. The fourth-order valence-corrected chi connectivity index (χ4v) is 4.42. The molecule has 1 saturated heterocycles. The van der Waals surface area contributed by atoms with Gasteiger partial charge in [0.2, 0.25) is 0 Å². The Morgan fingerprint density at radius 1 is 0.968 bits per heavy atom. The molecule has 6 heteroatoms. The van der Waals surface area contributed by atoms with Crippen molar-refractivity contribution in [3.63, 3.8) is 0 Å². The van der Waals surface area contributed by atoms with Gasteiger partial charge in [0.05, 0.1) is 6.54 Å². The third-order valence-corrected chi connectivity index (χ3v) is 6.10. The summed E-state index contributed by atoms with van der Waals surface area (Å²) in [7, 11) is 0. The standard InChI is InChI=1S/C25H24N4O2/c30-24-11-10-23(27-29(24)17-18-6-2-1-3-7-18)25(31)28-14-12-19(13-15-28)21-16-26-22-9-5-4-8-20(21)22/h1-11,16,19,26H,12-15,17H2. The first-order chi connectivity index (χ1) is 15.2. The highest BCUT2D eigenvalue weighted by molar-refractivity contribution is 5.92. The van der Waals surface area contributed by atoms with Crippen molar-refractivity contribution < 1.29 is 4.79 Å². The van der Waals surface area contributed by atoms with Gasteiger partial charge in [0.15, 0.2) is 0 Å². The van der Waals surface area contributed by atoms with Crippen LogP contribution in [0, 0.1) is 0 Å². The fraction of sp³-hybridized carbons (Fsp3) is 0.240. The number of amides is 1. The van der Waals surface area contributed by atoms with Gasteiger partial charge in [0.1, 0.15) is 5.69 Å². The summed E-state index contributed by atoms with van der Waals surface area (Å²) < 4.78 is 1.36. The highest BCUT2D eigenvalue weighted by atomic mass is 16.2. The zero-order valence-corrected chi connectivity index (χ0v) is 17.2. The number of piperidine rings is 1. The average Bonchev–Trinajstić information content (AvgIpc) is 3.25. The number of para-hydroxylation sites is 1. The van der Waals surface area contributed by atoms with Crippen molar-refractivity contribution in [2.75, 3.05) is 13.1 Å². The van der Waals surface area contributed by atoms with Gasteiger partial charge in [-0.2, -0.15) is 5.10 Å². The molecule has 31 heavy (non-hydrogen) atoms. The molecule has 1 N–H and O–H groups in total. The Morgan fingerprint density at radius 2 is 1.71 bits per heavy atom. The maximum absolute atomic E-state index is 13.1. The summed E-state index contributed by atoms with van der Waals surface area (Å²) in [5.74, 6) is 0.319. The summed E-state index contributed by atoms with van der Waals surface area (Å²) in [6.45, 7) is 1.72. The summed E-state index contributed by atoms with van der Waals surface area (Å²) in [6.07, 6.45) is 3.93. The van der Waals surface area contributed by atoms with Crippen LogP contribution >= 0.6 is 0 Å². The number of aromatic nitrogens is 3.